The lowest BCUT2D eigenvalue weighted by atomic mass is 9.88. The molecule has 1 atom stereocenters. The second kappa shape index (κ2) is 10.7. The Morgan fingerprint density at radius 1 is 1.05 bits per heavy atom. The van der Waals surface area contributed by atoms with E-state index >= 15 is 0 Å². The summed E-state index contributed by atoms with van der Waals surface area (Å²) < 4.78 is 0. The summed E-state index contributed by atoms with van der Waals surface area (Å²) in [6.07, 6.45) is 15.4. The van der Waals surface area contributed by atoms with E-state index in [1.165, 1.54) is 77.2 Å². The van der Waals surface area contributed by atoms with Gasteiger partial charge >= 0.3 is 0 Å². The number of rotatable bonds is 10. The quantitative estimate of drug-likeness (QED) is 0.602. The zero-order chi connectivity index (χ0) is 13.9. The van der Waals surface area contributed by atoms with E-state index in [2.05, 4.69) is 18.9 Å². The molecule has 0 aromatic heterocycles. The Bertz CT molecular complexity index is 199. The van der Waals surface area contributed by atoms with E-state index in [0.717, 1.165) is 12.5 Å². The van der Waals surface area contributed by atoms with E-state index in [-0.39, 0.29) is 0 Å². The lowest BCUT2D eigenvalue weighted by Crippen LogP contribution is -2.40. The second-order valence-corrected chi connectivity index (χ2v) is 6.54. The highest BCUT2D eigenvalue weighted by molar-refractivity contribution is 4.75. The van der Waals surface area contributed by atoms with Crippen LogP contribution in [0.5, 0.6) is 0 Å². The van der Waals surface area contributed by atoms with Crippen LogP contribution in [0.15, 0.2) is 0 Å². The topological polar surface area (TPSA) is 29.3 Å². The lowest BCUT2D eigenvalue weighted by Gasteiger charge is -2.32. The third-order valence-corrected chi connectivity index (χ3v) is 4.81. The maximum Gasteiger partial charge on any atom is 0.0215 e. The lowest BCUT2D eigenvalue weighted by molar-refractivity contribution is 0.175. The molecule has 0 radical (unpaired) electrons. The summed E-state index contributed by atoms with van der Waals surface area (Å²) in [7, 11) is 2.29. The van der Waals surface area contributed by atoms with Crippen LogP contribution in [-0.2, 0) is 0 Å². The summed E-state index contributed by atoms with van der Waals surface area (Å²) in [5, 5.41) is 0. The van der Waals surface area contributed by atoms with Crippen LogP contribution in [0, 0.1) is 5.92 Å². The number of unbranched alkanes of at least 4 members (excludes halogenated alkanes) is 4. The van der Waals surface area contributed by atoms with Gasteiger partial charge in [0.15, 0.2) is 0 Å². The first-order valence-corrected chi connectivity index (χ1v) is 8.68. The van der Waals surface area contributed by atoms with Gasteiger partial charge in [-0.1, -0.05) is 58.3 Å². The summed E-state index contributed by atoms with van der Waals surface area (Å²) in [5.41, 5.74) is 5.98. The van der Waals surface area contributed by atoms with E-state index in [9.17, 15) is 0 Å². The van der Waals surface area contributed by atoms with Gasteiger partial charge in [-0.2, -0.15) is 0 Å². The third kappa shape index (κ3) is 7.31. The molecule has 0 aromatic carbocycles. The van der Waals surface area contributed by atoms with Crippen molar-refractivity contribution in [1.29, 1.82) is 0 Å². The van der Waals surface area contributed by atoms with Crippen molar-refractivity contribution in [2.45, 2.75) is 83.6 Å². The highest BCUT2D eigenvalue weighted by Crippen LogP contribution is 2.25. The van der Waals surface area contributed by atoms with Gasteiger partial charge in [0.2, 0.25) is 0 Å². The molecule has 19 heavy (non-hydrogen) atoms. The highest BCUT2D eigenvalue weighted by atomic mass is 15.1. The monoisotopic (exact) mass is 268 g/mol. The van der Waals surface area contributed by atoms with Crippen molar-refractivity contribution in [2.75, 3.05) is 20.1 Å². The molecular formula is C17H36N2. The predicted octanol–water partition coefficient (Wildman–Crippen LogP) is 4.19. The van der Waals surface area contributed by atoms with E-state index < -0.39 is 0 Å². The molecular weight excluding hydrogens is 232 g/mol. The van der Waals surface area contributed by atoms with Gasteiger partial charge in [-0.3, -0.25) is 0 Å². The van der Waals surface area contributed by atoms with Crippen molar-refractivity contribution in [2.24, 2.45) is 11.7 Å². The zero-order valence-corrected chi connectivity index (χ0v) is 13.4. The Labute approximate surface area is 121 Å². The molecule has 0 spiro atoms. The van der Waals surface area contributed by atoms with Crippen molar-refractivity contribution in [1.82, 2.24) is 4.90 Å². The number of nitrogens with two attached hydrogens (primary N) is 1. The third-order valence-electron chi connectivity index (χ3n) is 4.81. The van der Waals surface area contributed by atoms with E-state index in [1.807, 2.05) is 0 Å². The van der Waals surface area contributed by atoms with E-state index in [1.54, 1.807) is 0 Å². The van der Waals surface area contributed by atoms with Crippen molar-refractivity contribution in [3.8, 4) is 0 Å². The second-order valence-electron chi connectivity index (χ2n) is 6.54. The average Bonchev–Trinajstić information content (AvgIpc) is 2.44. The SMILES string of the molecule is CCCCCCCC(CN)N(C)CC1CCCCC1. The van der Waals surface area contributed by atoms with Crippen LogP contribution in [0.3, 0.4) is 0 Å². The molecule has 0 aliphatic heterocycles. The number of nitrogens with zero attached hydrogens (tertiary/aromatic N) is 1. The van der Waals surface area contributed by atoms with Gasteiger partial charge in [0.1, 0.15) is 0 Å². The van der Waals surface area contributed by atoms with Gasteiger partial charge in [0, 0.05) is 19.1 Å². The summed E-state index contributed by atoms with van der Waals surface area (Å²) in [6.45, 7) is 4.38. The molecule has 1 aliphatic rings. The number of hydrogen-bond donors (Lipinski definition) is 1. The standard InChI is InChI=1S/C17H36N2/c1-3-4-5-6-10-13-17(14-18)19(2)15-16-11-8-7-9-12-16/h16-17H,3-15,18H2,1-2H3. The summed E-state index contributed by atoms with van der Waals surface area (Å²) in [4.78, 5) is 2.55. The normalized spacial score (nSPS) is 18.9. The van der Waals surface area contributed by atoms with Crippen LogP contribution in [0.25, 0.3) is 0 Å². The van der Waals surface area contributed by atoms with Crippen LogP contribution in [0.2, 0.25) is 0 Å². The molecule has 0 heterocycles. The molecule has 2 nitrogen and oxygen atoms in total. The van der Waals surface area contributed by atoms with Crippen LogP contribution < -0.4 is 5.73 Å². The van der Waals surface area contributed by atoms with Crippen molar-refractivity contribution in [3.05, 3.63) is 0 Å². The van der Waals surface area contributed by atoms with E-state index in [0.29, 0.717) is 6.04 Å². The maximum absolute atomic E-state index is 5.98. The summed E-state index contributed by atoms with van der Waals surface area (Å²) in [5.74, 6) is 0.938. The molecule has 0 bridgehead atoms. The molecule has 2 N–H and O–H groups in total. The van der Waals surface area contributed by atoms with Crippen LogP contribution in [0.1, 0.15) is 77.6 Å². The summed E-state index contributed by atoms with van der Waals surface area (Å²) >= 11 is 0. The van der Waals surface area contributed by atoms with Gasteiger partial charge in [0.25, 0.3) is 0 Å². The largest absolute Gasteiger partial charge is 0.329 e. The molecule has 1 rings (SSSR count). The molecule has 2 heteroatoms. The molecule has 114 valence electrons. The fraction of sp³-hybridized carbons (Fsp3) is 1.00. The minimum absolute atomic E-state index is 0.614. The van der Waals surface area contributed by atoms with Crippen molar-refractivity contribution >= 4 is 0 Å². The molecule has 1 aliphatic carbocycles. The predicted molar refractivity (Wildman–Crippen MR) is 85.4 cm³/mol. The first-order chi connectivity index (χ1) is 9.27. The molecule has 0 amide bonds. The first-order valence-electron chi connectivity index (χ1n) is 8.68. The highest BCUT2D eigenvalue weighted by Gasteiger charge is 2.19. The Kier molecular flexibility index (Phi) is 9.54. The van der Waals surface area contributed by atoms with Gasteiger partial charge in [-0.05, 0) is 32.2 Å². The molecule has 0 aromatic rings. The fourth-order valence-corrected chi connectivity index (χ4v) is 3.43. The van der Waals surface area contributed by atoms with Gasteiger partial charge < -0.3 is 10.6 Å². The Morgan fingerprint density at radius 3 is 2.37 bits per heavy atom. The molecule has 1 saturated carbocycles. The number of likely N-dealkylation sites (N-methyl/N-ethyl adjacent to an activating group) is 1. The van der Waals surface area contributed by atoms with Gasteiger partial charge in [-0.25, -0.2) is 0 Å². The minimum Gasteiger partial charge on any atom is -0.329 e. The van der Waals surface area contributed by atoms with Gasteiger partial charge in [-0.15, -0.1) is 0 Å². The number of hydrogen-bond acceptors (Lipinski definition) is 2. The zero-order valence-electron chi connectivity index (χ0n) is 13.4. The molecule has 0 saturated heterocycles. The average molecular weight is 268 g/mol. The summed E-state index contributed by atoms with van der Waals surface area (Å²) in [6, 6.07) is 0.614. The smallest absolute Gasteiger partial charge is 0.0215 e. The minimum atomic E-state index is 0.614. The van der Waals surface area contributed by atoms with E-state index in [4.69, 9.17) is 5.73 Å². The molecule has 1 unspecified atom stereocenters. The van der Waals surface area contributed by atoms with Crippen molar-refractivity contribution < 1.29 is 0 Å². The Morgan fingerprint density at radius 2 is 1.74 bits per heavy atom. The first kappa shape index (κ1) is 17.0. The van der Waals surface area contributed by atoms with Crippen molar-refractivity contribution in [3.63, 3.8) is 0 Å². The van der Waals surface area contributed by atoms with Crippen LogP contribution in [-0.4, -0.2) is 31.1 Å². The van der Waals surface area contributed by atoms with Gasteiger partial charge in [0.05, 0.1) is 0 Å². The maximum atomic E-state index is 5.98. The Hall–Kier alpha value is -0.0800. The van der Waals surface area contributed by atoms with Crippen LogP contribution >= 0.6 is 0 Å². The van der Waals surface area contributed by atoms with Crippen LogP contribution in [0.4, 0.5) is 0 Å². The fourth-order valence-electron chi connectivity index (χ4n) is 3.43. The Balaban J connectivity index is 2.16. The molecule has 1 fully saturated rings.